The molecule has 1 N–H and O–H groups in total. The topological polar surface area (TPSA) is 81.9 Å². The van der Waals surface area contributed by atoms with Gasteiger partial charge in [-0.25, -0.2) is 13.8 Å². The van der Waals surface area contributed by atoms with E-state index in [0.29, 0.717) is 16.8 Å². The number of carbonyl (C=O) groups excluding carboxylic acids is 1. The highest BCUT2D eigenvalue weighted by atomic mass is 19.4. The molecule has 3 aromatic rings. The van der Waals surface area contributed by atoms with Gasteiger partial charge in [0.25, 0.3) is 5.91 Å². The van der Waals surface area contributed by atoms with Crippen LogP contribution in [-0.2, 0) is 13.6 Å². The SMILES string of the molecule is Cc1cc(OC(F)(F)F)ncc1-c1cc(C(=O)NCc2c(F)cncc2F)nn1C. The molecule has 7 nitrogen and oxygen atoms in total. The van der Waals surface area contributed by atoms with Gasteiger partial charge in [-0.1, -0.05) is 0 Å². The van der Waals surface area contributed by atoms with Crippen molar-refractivity contribution in [2.24, 2.45) is 7.05 Å². The molecule has 0 aliphatic rings. The van der Waals surface area contributed by atoms with Crippen LogP contribution in [0.3, 0.4) is 0 Å². The van der Waals surface area contributed by atoms with Gasteiger partial charge in [0.1, 0.15) is 11.6 Å². The molecule has 0 fully saturated rings. The van der Waals surface area contributed by atoms with E-state index < -0.39 is 36.3 Å². The molecule has 0 saturated carbocycles. The van der Waals surface area contributed by atoms with Gasteiger partial charge in [-0.15, -0.1) is 13.2 Å². The number of ether oxygens (including phenoxy) is 1. The number of amides is 1. The third kappa shape index (κ3) is 4.70. The fourth-order valence-electron chi connectivity index (χ4n) is 2.67. The fraction of sp³-hybridized carbons (Fsp3) is 0.222. The zero-order chi connectivity index (χ0) is 22.1. The van der Waals surface area contributed by atoms with Gasteiger partial charge in [-0.05, 0) is 18.6 Å². The minimum atomic E-state index is -4.87. The summed E-state index contributed by atoms with van der Waals surface area (Å²) in [5.41, 5.74) is 0.808. The van der Waals surface area contributed by atoms with Crippen molar-refractivity contribution in [3.05, 3.63) is 59.2 Å². The number of halogens is 5. The highest BCUT2D eigenvalue weighted by Gasteiger charge is 2.32. The van der Waals surface area contributed by atoms with Gasteiger partial charge in [0.05, 0.1) is 18.1 Å². The van der Waals surface area contributed by atoms with Gasteiger partial charge >= 0.3 is 6.36 Å². The van der Waals surface area contributed by atoms with E-state index in [1.807, 2.05) is 0 Å². The van der Waals surface area contributed by atoms with Crippen molar-refractivity contribution in [3.63, 3.8) is 0 Å². The average molecular weight is 427 g/mol. The van der Waals surface area contributed by atoms with Crippen LogP contribution < -0.4 is 10.1 Å². The Morgan fingerprint density at radius 1 is 1.17 bits per heavy atom. The number of aromatic nitrogens is 4. The molecule has 0 spiro atoms. The summed E-state index contributed by atoms with van der Waals surface area (Å²) in [6.45, 7) is 1.12. The minimum absolute atomic E-state index is 0.0580. The minimum Gasteiger partial charge on any atom is -0.388 e. The second-order valence-corrected chi connectivity index (χ2v) is 6.19. The third-order valence-electron chi connectivity index (χ3n) is 4.07. The molecule has 0 bridgehead atoms. The molecule has 158 valence electrons. The molecular weight excluding hydrogens is 413 g/mol. The number of alkyl halides is 3. The van der Waals surface area contributed by atoms with Gasteiger partial charge in [0.2, 0.25) is 5.88 Å². The van der Waals surface area contributed by atoms with Crippen molar-refractivity contribution in [1.82, 2.24) is 25.1 Å². The van der Waals surface area contributed by atoms with Crippen LogP contribution in [0, 0.1) is 18.6 Å². The second kappa shape index (κ2) is 8.05. The predicted octanol–water partition coefficient (Wildman–Crippen LogP) is 3.29. The Labute approximate surface area is 166 Å². The second-order valence-electron chi connectivity index (χ2n) is 6.19. The molecule has 0 saturated heterocycles. The molecule has 12 heteroatoms. The smallest absolute Gasteiger partial charge is 0.388 e. The average Bonchev–Trinajstić information content (AvgIpc) is 3.01. The van der Waals surface area contributed by atoms with E-state index in [1.54, 1.807) is 6.92 Å². The number of hydrogen-bond donors (Lipinski definition) is 1. The largest absolute Gasteiger partial charge is 0.574 e. The van der Waals surface area contributed by atoms with E-state index >= 15 is 0 Å². The molecule has 0 aliphatic carbocycles. The lowest BCUT2D eigenvalue weighted by Crippen LogP contribution is -2.24. The number of hydrogen-bond acceptors (Lipinski definition) is 5. The Morgan fingerprint density at radius 2 is 1.83 bits per heavy atom. The quantitative estimate of drug-likeness (QED) is 0.632. The summed E-state index contributed by atoms with van der Waals surface area (Å²) in [6, 6.07) is 2.48. The Kier molecular flexibility index (Phi) is 5.67. The van der Waals surface area contributed by atoms with Crippen molar-refractivity contribution in [1.29, 1.82) is 0 Å². The first-order chi connectivity index (χ1) is 14.0. The molecule has 3 heterocycles. The molecule has 0 unspecified atom stereocenters. The number of pyridine rings is 2. The zero-order valence-corrected chi connectivity index (χ0v) is 15.6. The maximum atomic E-state index is 13.6. The van der Waals surface area contributed by atoms with Gasteiger partial charge in [-0.2, -0.15) is 5.10 Å². The maximum absolute atomic E-state index is 13.6. The summed E-state index contributed by atoms with van der Waals surface area (Å²) in [6.07, 6.45) is -2.06. The number of carbonyl (C=O) groups is 1. The first kappa shape index (κ1) is 21.1. The van der Waals surface area contributed by atoms with Crippen LogP contribution in [0.5, 0.6) is 5.88 Å². The van der Waals surface area contributed by atoms with Crippen LogP contribution >= 0.6 is 0 Å². The van der Waals surface area contributed by atoms with Gasteiger partial charge in [0.15, 0.2) is 5.69 Å². The molecule has 3 aromatic heterocycles. The monoisotopic (exact) mass is 427 g/mol. The normalized spacial score (nSPS) is 11.4. The van der Waals surface area contributed by atoms with E-state index in [1.165, 1.54) is 17.8 Å². The van der Waals surface area contributed by atoms with Crippen molar-refractivity contribution >= 4 is 5.91 Å². The van der Waals surface area contributed by atoms with Gasteiger partial charge in [-0.3, -0.25) is 14.5 Å². The van der Waals surface area contributed by atoms with Crippen LogP contribution in [-0.4, -0.2) is 32.0 Å². The van der Waals surface area contributed by atoms with E-state index in [-0.39, 0.29) is 11.3 Å². The van der Waals surface area contributed by atoms with Crippen LogP contribution in [0.15, 0.2) is 30.7 Å². The number of rotatable bonds is 5. The molecule has 0 radical (unpaired) electrons. The summed E-state index contributed by atoms with van der Waals surface area (Å²) < 4.78 is 69.3. The summed E-state index contributed by atoms with van der Waals surface area (Å²) in [5, 5.41) is 6.39. The Hall–Kier alpha value is -3.57. The van der Waals surface area contributed by atoms with E-state index in [4.69, 9.17) is 0 Å². The first-order valence-corrected chi connectivity index (χ1v) is 8.38. The lowest BCUT2D eigenvalue weighted by Gasteiger charge is -2.10. The lowest BCUT2D eigenvalue weighted by atomic mass is 10.1. The summed E-state index contributed by atoms with van der Waals surface area (Å²) in [4.78, 5) is 19.3. The van der Waals surface area contributed by atoms with Crippen molar-refractivity contribution in [2.75, 3.05) is 0 Å². The first-order valence-electron chi connectivity index (χ1n) is 8.38. The van der Waals surface area contributed by atoms with Crippen molar-refractivity contribution < 1.29 is 31.5 Å². The Morgan fingerprint density at radius 3 is 2.43 bits per heavy atom. The van der Waals surface area contributed by atoms with E-state index in [9.17, 15) is 26.7 Å². The molecule has 0 atom stereocenters. The van der Waals surface area contributed by atoms with Crippen molar-refractivity contribution in [3.8, 4) is 17.1 Å². The summed E-state index contributed by atoms with van der Waals surface area (Å²) in [7, 11) is 1.52. The third-order valence-corrected chi connectivity index (χ3v) is 4.07. The summed E-state index contributed by atoms with van der Waals surface area (Å²) >= 11 is 0. The van der Waals surface area contributed by atoms with E-state index in [2.05, 4.69) is 25.1 Å². The van der Waals surface area contributed by atoms with Crippen LogP contribution in [0.2, 0.25) is 0 Å². The number of aryl methyl sites for hydroxylation is 2. The molecule has 1 amide bonds. The molecule has 30 heavy (non-hydrogen) atoms. The van der Waals surface area contributed by atoms with Gasteiger partial charge < -0.3 is 10.1 Å². The molecular formula is C18H14F5N5O2. The Bertz CT molecular complexity index is 1080. The van der Waals surface area contributed by atoms with Crippen LogP contribution in [0.25, 0.3) is 11.3 Å². The fourth-order valence-corrected chi connectivity index (χ4v) is 2.67. The standard InChI is InChI=1S/C18H14F5N5O2/c1-9-3-16(30-18(21,22)23)25-5-10(9)15-4-14(27-28(15)2)17(29)26-6-11-12(19)7-24-8-13(11)20/h3-5,7-8H,6H2,1-2H3,(H,26,29). The van der Waals surface area contributed by atoms with Crippen LogP contribution in [0.4, 0.5) is 22.0 Å². The van der Waals surface area contributed by atoms with Gasteiger partial charge in [0, 0.05) is 37.0 Å². The summed E-state index contributed by atoms with van der Waals surface area (Å²) in [5.74, 6) is -3.12. The van der Waals surface area contributed by atoms with Crippen molar-refractivity contribution in [2.45, 2.75) is 19.8 Å². The highest BCUT2D eigenvalue weighted by Crippen LogP contribution is 2.28. The number of nitrogens with one attached hydrogen (secondary N) is 1. The van der Waals surface area contributed by atoms with E-state index in [0.717, 1.165) is 24.7 Å². The van der Waals surface area contributed by atoms with Crippen LogP contribution in [0.1, 0.15) is 21.6 Å². The molecule has 3 rings (SSSR count). The molecule has 0 aromatic carbocycles. The lowest BCUT2D eigenvalue weighted by molar-refractivity contribution is -0.276. The predicted molar refractivity (Wildman–Crippen MR) is 93.2 cm³/mol. The number of nitrogens with zero attached hydrogens (tertiary/aromatic N) is 4. The maximum Gasteiger partial charge on any atom is 0.574 e. The highest BCUT2D eigenvalue weighted by molar-refractivity contribution is 5.93. The Balaban J connectivity index is 1.79. The zero-order valence-electron chi connectivity index (χ0n) is 15.6. The molecule has 0 aliphatic heterocycles.